The average molecular weight is 268 g/mol. The molecule has 0 aliphatic carbocycles. The molecule has 0 spiro atoms. The highest BCUT2D eigenvalue weighted by atomic mass is 32.1. The van der Waals surface area contributed by atoms with Gasteiger partial charge in [0.2, 0.25) is 0 Å². The van der Waals surface area contributed by atoms with Gasteiger partial charge in [0.15, 0.2) is 5.76 Å². The molecule has 0 aliphatic heterocycles. The predicted octanol–water partition coefficient (Wildman–Crippen LogP) is 2.44. The van der Waals surface area contributed by atoms with Crippen molar-refractivity contribution in [3.63, 3.8) is 0 Å². The fraction of sp³-hybridized carbons (Fsp3) is 0.538. The molecule has 0 saturated carbocycles. The summed E-state index contributed by atoms with van der Waals surface area (Å²) in [6.45, 7) is 5.49. The lowest BCUT2D eigenvalue weighted by molar-refractivity contribution is 0.0721. The van der Waals surface area contributed by atoms with Crippen molar-refractivity contribution >= 4 is 23.1 Å². The fourth-order valence-electron chi connectivity index (χ4n) is 1.53. The van der Waals surface area contributed by atoms with E-state index in [1.807, 2.05) is 0 Å². The summed E-state index contributed by atoms with van der Waals surface area (Å²) in [6, 6.07) is 3.38. The molecule has 1 amide bonds. The van der Waals surface area contributed by atoms with Gasteiger partial charge in [-0.3, -0.25) is 4.79 Å². The monoisotopic (exact) mass is 268 g/mol. The summed E-state index contributed by atoms with van der Waals surface area (Å²) in [5.74, 6) is 0.806. The van der Waals surface area contributed by atoms with Crippen LogP contribution >= 0.6 is 12.2 Å². The van der Waals surface area contributed by atoms with Crippen LogP contribution in [-0.4, -0.2) is 28.9 Å². The minimum absolute atomic E-state index is 0.100. The third-order valence-electron chi connectivity index (χ3n) is 2.62. The molecule has 0 atom stereocenters. The molecule has 1 heterocycles. The van der Waals surface area contributed by atoms with E-state index in [2.05, 4.69) is 13.8 Å². The van der Waals surface area contributed by atoms with Crippen LogP contribution in [0.25, 0.3) is 0 Å². The maximum Gasteiger partial charge on any atom is 0.289 e. The Kier molecular flexibility index (Phi) is 5.85. The predicted molar refractivity (Wildman–Crippen MR) is 75.5 cm³/mol. The van der Waals surface area contributed by atoms with E-state index in [0.29, 0.717) is 36.2 Å². The van der Waals surface area contributed by atoms with Crippen LogP contribution in [0.3, 0.4) is 0 Å². The van der Waals surface area contributed by atoms with Crippen LogP contribution in [-0.2, 0) is 0 Å². The molecule has 1 aromatic rings. The Labute approximate surface area is 113 Å². The zero-order valence-corrected chi connectivity index (χ0v) is 11.7. The maximum absolute atomic E-state index is 12.2. The van der Waals surface area contributed by atoms with Gasteiger partial charge in [0.1, 0.15) is 0 Å². The van der Waals surface area contributed by atoms with E-state index in [9.17, 15) is 4.79 Å². The number of rotatable bonds is 7. The second kappa shape index (κ2) is 7.16. The molecule has 0 radical (unpaired) electrons. The molecule has 1 rings (SSSR count). The fourth-order valence-corrected chi connectivity index (χ4v) is 1.62. The van der Waals surface area contributed by atoms with Crippen molar-refractivity contribution in [1.82, 2.24) is 4.90 Å². The standard InChI is InChI=1S/C13H20N2O2S/c1-10(2)5-7-15(8-6-12(14)18)13(16)11-4-3-9-17-11/h3-4,9-10H,5-8H2,1-2H3,(H2,14,18). The van der Waals surface area contributed by atoms with Crippen LogP contribution < -0.4 is 5.73 Å². The quantitative estimate of drug-likeness (QED) is 0.772. The molecule has 5 heteroatoms. The van der Waals surface area contributed by atoms with Gasteiger partial charge in [0.05, 0.1) is 11.3 Å². The summed E-state index contributed by atoms with van der Waals surface area (Å²) in [4.78, 5) is 14.4. The van der Waals surface area contributed by atoms with Gasteiger partial charge in [-0.2, -0.15) is 0 Å². The number of carbonyl (C=O) groups excluding carboxylic acids is 1. The molecule has 0 unspecified atom stereocenters. The van der Waals surface area contributed by atoms with Crippen LogP contribution in [0.2, 0.25) is 0 Å². The zero-order valence-electron chi connectivity index (χ0n) is 10.9. The summed E-state index contributed by atoms with van der Waals surface area (Å²) < 4.78 is 5.13. The highest BCUT2D eigenvalue weighted by Crippen LogP contribution is 2.09. The van der Waals surface area contributed by atoms with Crippen molar-refractivity contribution in [2.24, 2.45) is 11.7 Å². The maximum atomic E-state index is 12.2. The first kappa shape index (κ1) is 14.7. The van der Waals surface area contributed by atoms with Crippen molar-refractivity contribution in [2.75, 3.05) is 13.1 Å². The van der Waals surface area contributed by atoms with Gasteiger partial charge in [-0.25, -0.2) is 0 Å². The number of furan rings is 1. The van der Waals surface area contributed by atoms with Crippen LogP contribution in [0.1, 0.15) is 37.2 Å². The van der Waals surface area contributed by atoms with Gasteiger partial charge in [0, 0.05) is 19.5 Å². The van der Waals surface area contributed by atoms with Gasteiger partial charge >= 0.3 is 0 Å². The third-order valence-corrected chi connectivity index (χ3v) is 2.83. The lowest BCUT2D eigenvalue weighted by atomic mass is 10.1. The Morgan fingerprint density at radius 3 is 2.72 bits per heavy atom. The normalized spacial score (nSPS) is 10.6. The van der Waals surface area contributed by atoms with Gasteiger partial charge < -0.3 is 15.1 Å². The first-order chi connectivity index (χ1) is 8.50. The third kappa shape index (κ3) is 4.87. The minimum Gasteiger partial charge on any atom is -0.459 e. The second-order valence-electron chi connectivity index (χ2n) is 4.67. The number of hydrogen-bond donors (Lipinski definition) is 1. The van der Waals surface area contributed by atoms with Gasteiger partial charge in [-0.05, 0) is 24.5 Å². The van der Waals surface area contributed by atoms with E-state index < -0.39 is 0 Å². The van der Waals surface area contributed by atoms with Gasteiger partial charge in [-0.1, -0.05) is 26.1 Å². The lowest BCUT2D eigenvalue weighted by Crippen LogP contribution is -2.35. The Hall–Kier alpha value is -1.36. The van der Waals surface area contributed by atoms with E-state index in [1.54, 1.807) is 17.0 Å². The molecule has 0 aliphatic rings. The molecule has 1 aromatic heterocycles. The van der Waals surface area contributed by atoms with E-state index in [-0.39, 0.29) is 5.91 Å². The Morgan fingerprint density at radius 2 is 2.22 bits per heavy atom. The van der Waals surface area contributed by atoms with Crippen molar-refractivity contribution in [2.45, 2.75) is 26.7 Å². The molecule has 0 bridgehead atoms. The van der Waals surface area contributed by atoms with Crippen molar-refractivity contribution < 1.29 is 9.21 Å². The molecule has 2 N–H and O–H groups in total. The summed E-state index contributed by atoms with van der Waals surface area (Å²) in [5.41, 5.74) is 5.49. The second-order valence-corrected chi connectivity index (χ2v) is 5.19. The summed E-state index contributed by atoms with van der Waals surface area (Å²) in [6.07, 6.45) is 2.99. The molecular formula is C13H20N2O2S. The number of thiocarbonyl (C=S) groups is 1. The average Bonchev–Trinajstić information content (AvgIpc) is 2.81. The SMILES string of the molecule is CC(C)CCN(CCC(N)=S)C(=O)c1ccco1. The Bertz CT molecular complexity index is 388. The molecular weight excluding hydrogens is 248 g/mol. The first-order valence-corrected chi connectivity index (χ1v) is 6.52. The molecule has 100 valence electrons. The molecule has 0 saturated heterocycles. The van der Waals surface area contributed by atoms with E-state index in [0.717, 1.165) is 6.42 Å². The summed E-state index contributed by atoms with van der Waals surface area (Å²) in [7, 11) is 0. The lowest BCUT2D eigenvalue weighted by Gasteiger charge is -2.22. The topological polar surface area (TPSA) is 59.5 Å². The first-order valence-electron chi connectivity index (χ1n) is 6.11. The van der Waals surface area contributed by atoms with Crippen LogP contribution in [0.4, 0.5) is 0 Å². The minimum atomic E-state index is -0.100. The molecule has 0 fully saturated rings. The summed E-state index contributed by atoms with van der Waals surface area (Å²) in [5, 5.41) is 0. The summed E-state index contributed by atoms with van der Waals surface area (Å²) >= 11 is 4.85. The van der Waals surface area contributed by atoms with Crippen LogP contribution in [0.5, 0.6) is 0 Å². The van der Waals surface area contributed by atoms with E-state index in [4.69, 9.17) is 22.4 Å². The zero-order chi connectivity index (χ0) is 13.5. The molecule has 0 aromatic carbocycles. The number of carbonyl (C=O) groups is 1. The smallest absolute Gasteiger partial charge is 0.289 e. The van der Waals surface area contributed by atoms with E-state index in [1.165, 1.54) is 6.26 Å². The highest BCUT2D eigenvalue weighted by molar-refractivity contribution is 7.80. The van der Waals surface area contributed by atoms with Crippen molar-refractivity contribution in [3.05, 3.63) is 24.2 Å². The van der Waals surface area contributed by atoms with Gasteiger partial charge in [-0.15, -0.1) is 0 Å². The largest absolute Gasteiger partial charge is 0.459 e. The number of nitrogens with zero attached hydrogens (tertiary/aromatic N) is 1. The Balaban J connectivity index is 2.63. The highest BCUT2D eigenvalue weighted by Gasteiger charge is 2.18. The Morgan fingerprint density at radius 1 is 1.50 bits per heavy atom. The van der Waals surface area contributed by atoms with Crippen molar-refractivity contribution in [3.8, 4) is 0 Å². The van der Waals surface area contributed by atoms with Crippen LogP contribution in [0.15, 0.2) is 22.8 Å². The van der Waals surface area contributed by atoms with Gasteiger partial charge in [0.25, 0.3) is 5.91 Å². The van der Waals surface area contributed by atoms with E-state index >= 15 is 0 Å². The molecule has 18 heavy (non-hydrogen) atoms. The van der Waals surface area contributed by atoms with Crippen LogP contribution in [0, 0.1) is 5.92 Å². The number of nitrogens with two attached hydrogens (primary N) is 1. The molecule has 4 nitrogen and oxygen atoms in total. The van der Waals surface area contributed by atoms with Crippen molar-refractivity contribution in [1.29, 1.82) is 0 Å². The number of amides is 1. The number of hydrogen-bond acceptors (Lipinski definition) is 3.